The van der Waals surface area contributed by atoms with Gasteiger partial charge in [-0.1, -0.05) is 18.2 Å². The number of carbonyl (C=O) groups is 1. The van der Waals surface area contributed by atoms with Gasteiger partial charge < -0.3 is 10.2 Å². The third kappa shape index (κ3) is 3.95. The molecule has 0 aliphatic carbocycles. The van der Waals surface area contributed by atoms with Crippen LogP contribution in [0, 0.1) is 5.92 Å². The normalized spacial score (nSPS) is 22.4. The Morgan fingerprint density at radius 2 is 2.05 bits per heavy atom. The van der Waals surface area contributed by atoms with Crippen molar-refractivity contribution in [2.24, 2.45) is 5.92 Å². The van der Waals surface area contributed by atoms with E-state index in [9.17, 15) is 4.79 Å². The van der Waals surface area contributed by atoms with Gasteiger partial charge in [0.15, 0.2) is 0 Å². The first-order chi connectivity index (χ1) is 8.72. The molecule has 1 aromatic carbocycles. The molecule has 1 saturated heterocycles. The summed E-state index contributed by atoms with van der Waals surface area (Å²) in [4.78, 5) is 14.5. The van der Waals surface area contributed by atoms with Crippen molar-refractivity contribution >= 4 is 24.0 Å². The molecule has 0 aromatic heterocycles. The van der Waals surface area contributed by atoms with E-state index in [1.54, 1.807) is 0 Å². The second-order valence-corrected chi connectivity index (χ2v) is 4.99. The molecule has 1 aliphatic rings. The first-order valence-electron chi connectivity index (χ1n) is 6.82. The van der Waals surface area contributed by atoms with Crippen LogP contribution in [0.4, 0.5) is 5.69 Å². The van der Waals surface area contributed by atoms with Crippen molar-refractivity contribution in [3.05, 3.63) is 30.3 Å². The van der Waals surface area contributed by atoms with Crippen LogP contribution in [0.5, 0.6) is 0 Å². The van der Waals surface area contributed by atoms with Gasteiger partial charge in [0.2, 0.25) is 5.91 Å². The fourth-order valence-corrected chi connectivity index (χ4v) is 2.65. The van der Waals surface area contributed by atoms with Gasteiger partial charge in [-0.05, 0) is 45.4 Å². The number of nitrogens with zero attached hydrogens (tertiary/aromatic N) is 1. The number of halogens is 1. The molecule has 1 heterocycles. The first-order valence-corrected chi connectivity index (χ1v) is 6.82. The fourth-order valence-electron chi connectivity index (χ4n) is 2.65. The van der Waals surface area contributed by atoms with Crippen LogP contribution in [0.3, 0.4) is 0 Å². The van der Waals surface area contributed by atoms with E-state index in [1.165, 1.54) is 0 Å². The van der Waals surface area contributed by atoms with Crippen molar-refractivity contribution in [1.82, 2.24) is 5.32 Å². The minimum absolute atomic E-state index is 0. The zero-order valence-corrected chi connectivity index (χ0v) is 12.5. The van der Waals surface area contributed by atoms with E-state index in [4.69, 9.17) is 0 Å². The molecule has 0 unspecified atom stereocenters. The topological polar surface area (TPSA) is 32.3 Å². The van der Waals surface area contributed by atoms with Crippen molar-refractivity contribution in [2.45, 2.75) is 32.7 Å². The van der Waals surface area contributed by atoms with E-state index in [2.05, 4.69) is 12.2 Å². The highest BCUT2D eigenvalue weighted by molar-refractivity contribution is 5.95. The molecule has 1 aromatic rings. The van der Waals surface area contributed by atoms with E-state index in [-0.39, 0.29) is 24.2 Å². The lowest BCUT2D eigenvalue weighted by Gasteiger charge is -2.31. The Morgan fingerprint density at radius 3 is 2.63 bits per heavy atom. The monoisotopic (exact) mass is 282 g/mol. The number of hydrogen-bond donors (Lipinski definition) is 1. The van der Waals surface area contributed by atoms with Gasteiger partial charge in [0, 0.05) is 24.2 Å². The predicted molar refractivity (Wildman–Crippen MR) is 81.9 cm³/mol. The molecule has 1 fully saturated rings. The van der Waals surface area contributed by atoms with Gasteiger partial charge >= 0.3 is 0 Å². The molecule has 0 spiro atoms. The number of anilines is 1. The van der Waals surface area contributed by atoms with Crippen LogP contribution in [0.2, 0.25) is 0 Å². The summed E-state index contributed by atoms with van der Waals surface area (Å²) in [5, 5.41) is 3.39. The third-order valence-electron chi connectivity index (χ3n) is 3.62. The van der Waals surface area contributed by atoms with Gasteiger partial charge in [0.1, 0.15) is 0 Å². The van der Waals surface area contributed by atoms with Crippen molar-refractivity contribution < 1.29 is 4.79 Å². The average molecular weight is 283 g/mol. The van der Waals surface area contributed by atoms with Gasteiger partial charge in [-0.25, -0.2) is 0 Å². The average Bonchev–Trinajstić information content (AvgIpc) is 2.41. The number of rotatable bonds is 3. The molecule has 3 nitrogen and oxygen atoms in total. The Hall–Kier alpha value is -1.06. The number of para-hydroxylation sites is 1. The van der Waals surface area contributed by atoms with Gasteiger partial charge in [-0.15, -0.1) is 12.4 Å². The predicted octanol–water partition coefficient (Wildman–Crippen LogP) is 2.85. The highest BCUT2D eigenvalue weighted by atomic mass is 35.5. The number of carbonyl (C=O) groups excluding carboxylic acids is 1. The Kier molecular flexibility index (Phi) is 6.32. The molecule has 2 atom stereocenters. The molecule has 0 bridgehead atoms. The van der Waals surface area contributed by atoms with Crippen molar-refractivity contribution in [2.75, 3.05) is 18.0 Å². The molecule has 1 amide bonds. The van der Waals surface area contributed by atoms with Crippen molar-refractivity contribution in [1.29, 1.82) is 0 Å². The molecule has 2 rings (SSSR count). The van der Waals surface area contributed by atoms with E-state index in [0.717, 1.165) is 31.6 Å². The Morgan fingerprint density at radius 1 is 1.37 bits per heavy atom. The quantitative estimate of drug-likeness (QED) is 0.925. The fraction of sp³-hybridized carbons (Fsp3) is 0.533. The van der Waals surface area contributed by atoms with Crippen LogP contribution < -0.4 is 10.2 Å². The summed E-state index contributed by atoms with van der Waals surface area (Å²) in [5.74, 6) is 0.443. The summed E-state index contributed by atoms with van der Waals surface area (Å²) in [6, 6.07) is 10.4. The van der Waals surface area contributed by atoms with Crippen LogP contribution in [-0.4, -0.2) is 25.0 Å². The van der Waals surface area contributed by atoms with E-state index >= 15 is 0 Å². The molecule has 1 aliphatic heterocycles. The molecule has 0 saturated carbocycles. The van der Waals surface area contributed by atoms with Gasteiger partial charge in [-0.3, -0.25) is 4.79 Å². The molecular weight excluding hydrogens is 260 g/mol. The third-order valence-corrected chi connectivity index (χ3v) is 3.62. The summed E-state index contributed by atoms with van der Waals surface area (Å²) >= 11 is 0. The molecule has 1 N–H and O–H groups in total. The maximum absolute atomic E-state index is 12.6. The number of piperidine rings is 1. The zero-order valence-electron chi connectivity index (χ0n) is 11.6. The summed E-state index contributed by atoms with van der Waals surface area (Å²) in [6.07, 6.45) is 1.90. The minimum Gasteiger partial charge on any atom is -0.314 e. The SMILES string of the molecule is CCN(C(=O)[C@H]1CCN[C@@H](C)C1)c1ccccc1.Cl. The number of hydrogen-bond acceptors (Lipinski definition) is 2. The highest BCUT2D eigenvalue weighted by Crippen LogP contribution is 2.22. The number of nitrogens with one attached hydrogen (secondary N) is 1. The minimum atomic E-state index is 0. The molecule has 0 radical (unpaired) electrons. The van der Waals surface area contributed by atoms with Gasteiger partial charge in [0.05, 0.1) is 0 Å². The second-order valence-electron chi connectivity index (χ2n) is 4.99. The molecule has 4 heteroatoms. The summed E-state index contributed by atoms with van der Waals surface area (Å²) < 4.78 is 0. The van der Waals surface area contributed by atoms with Gasteiger partial charge in [-0.2, -0.15) is 0 Å². The van der Waals surface area contributed by atoms with E-state index in [1.807, 2.05) is 42.2 Å². The summed E-state index contributed by atoms with van der Waals surface area (Å²) in [6.45, 7) is 5.87. The van der Waals surface area contributed by atoms with Crippen molar-refractivity contribution in [3.63, 3.8) is 0 Å². The Balaban J connectivity index is 0.00000180. The van der Waals surface area contributed by atoms with Crippen LogP contribution in [-0.2, 0) is 4.79 Å². The number of benzene rings is 1. The molecule has 19 heavy (non-hydrogen) atoms. The molecular formula is C15H23ClN2O. The van der Waals surface area contributed by atoms with Crippen LogP contribution in [0.25, 0.3) is 0 Å². The second kappa shape index (κ2) is 7.51. The van der Waals surface area contributed by atoms with Crippen LogP contribution >= 0.6 is 12.4 Å². The van der Waals surface area contributed by atoms with Crippen LogP contribution in [0.1, 0.15) is 26.7 Å². The first kappa shape index (κ1) is 16.0. The van der Waals surface area contributed by atoms with Crippen molar-refractivity contribution in [3.8, 4) is 0 Å². The molecule has 106 valence electrons. The lowest BCUT2D eigenvalue weighted by atomic mass is 9.92. The van der Waals surface area contributed by atoms with Gasteiger partial charge in [0.25, 0.3) is 0 Å². The summed E-state index contributed by atoms with van der Waals surface area (Å²) in [5.41, 5.74) is 1.01. The zero-order chi connectivity index (χ0) is 13.0. The lowest BCUT2D eigenvalue weighted by molar-refractivity contribution is -0.123. The van der Waals surface area contributed by atoms with Crippen LogP contribution in [0.15, 0.2) is 30.3 Å². The maximum atomic E-state index is 12.6. The standard InChI is InChI=1S/C15H22N2O.ClH/c1-3-17(14-7-5-4-6-8-14)15(18)13-9-10-16-12(2)11-13;/h4-8,12-13,16H,3,9-11H2,1-2H3;1H/t12-,13-;/m0./s1. The number of amides is 1. The summed E-state index contributed by atoms with van der Waals surface area (Å²) in [7, 11) is 0. The highest BCUT2D eigenvalue weighted by Gasteiger charge is 2.28. The smallest absolute Gasteiger partial charge is 0.230 e. The largest absolute Gasteiger partial charge is 0.314 e. The Bertz CT molecular complexity index is 396. The Labute approximate surface area is 121 Å². The van der Waals surface area contributed by atoms with E-state index in [0.29, 0.717) is 6.04 Å². The van der Waals surface area contributed by atoms with E-state index < -0.39 is 0 Å². The maximum Gasteiger partial charge on any atom is 0.230 e. The lowest BCUT2D eigenvalue weighted by Crippen LogP contribution is -2.44.